The largest absolute Gasteiger partial charge is 0.504 e. The highest BCUT2D eigenvalue weighted by molar-refractivity contribution is 6.00. The fourth-order valence-electron chi connectivity index (χ4n) is 3.77. The van der Waals surface area contributed by atoms with Gasteiger partial charge in [0.2, 0.25) is 5.91 Å². The number of phenols is 2. The first-order valence-electron chi connectivity index (χ1n) is 11.2. The van der Waals surface area contributed by atoms with Crippen LogP contribution in [0.1, 0.15) is 23.6 Å². The molecule has 188 valence electrons. The SMILES string of the molecule is C[C@](Cc1ccc(O)c(O)c1)(C(=O)O)N(C(=O)OCc1ccccc1)C(=O)[C@@H](N)Cc1ccccc1. The van der Waals surface area contributed by atoms with Crippen LogP contribution in [0.2, 0.25) is 0 Å². The Morgan fingerprint density at radius 1 is 0.889 bits per heavy atom. The number of carboxylic acid groups (broad SMARTS) is 1. The van der Waals surface area contributed by atoms with Gasteiger partial charge in [-0.1, -0.05) is 66.7 Å². The number of nitrogens with two attached hydrogens (primary N) is 1. The molecule has 3 aromatic rings. The number of nitrogens with zero attached hydrogens (tertiary/aromatic N) is 1. The van der Waals surface area contributed by atoms with Crippen molar-refractivity contribution >= 4 is 18.0 Å². The van der Waals surface area contributed by atoms with E-state index in [0.29, 0.717) is 10.5 Å². The molecule has 2 atom stereocenters. The Hall–Kier alpha value is -4.37. The number of aromatic hydroxyl groups is 2. The van der Waals surface area contributed by atoms with Crippen LogP contribution in [0.3, 0.4) is 0 Å². The maximum atomic E-state index is 13.5. The molecule has 3 rings (SSSR count). The Morgan fingerprint density at radius 3 is 2.03 bits per heavy atom. The summed E-state index contributed by atoms with van der Waals surface area (Å²) in [4.78, 5) is 39.8. The molecule has 0 unspecified atom stereocenters. The average Bonchev–Trinajstić information content (AvgIpc) is 2.86. The summed E-state index contributed by atoms with van der Waals surface area (Å²) in [5.41, 5.74) is 5.68. The van der Waals surface area contributed by atoms with E-state index in [2.05, 4.69) is 0 Å². The Labute approximate surface area is 208 Å². The van der Waals surface area contributed by atoms with E-state index in [0.717, 1.165) is 5.56 Å². The van der Waals surface area contributed by atoms with E-state index in [9.17, 15) is 29.7 Å². The number of rotatable bonds is 9. The van der Waals surface area contributed by atoms with Crippen LogP contribution in [0.15, 0.2) is 78.9 Å². The van der Waals surface area contributed by atoms with Gasteiger partial charge in [0.05, 0.1) is 6.04 Å². The molecule has 0 aliphatic carbocycles. The van der Waals surface area contributed by atoms with Crippen LogP contribution in [0.5, 0.6) is 11.5 Å². The van der Waals surface area contributed by atoms with Gasteiger partial charge >= 0.3 is 12.1 Å². The van der Waals surface area contributed by atoms with Crippen molar-refractivity contribution in [3.8, 4) is 11.5 Å². The van der Waals surface area contributed by atoms with E-state index >= 15 is 0 Å². The van der Waals surface area contributed by atoms with Gasteiger partial charge in [0.1, 0.15) is 6.61 Å². The van der Waals surface area contributed by atoms with E-state index in [1.165, 1.54) is 25.1 Å². The highest BCUT2D eigenvalue weighted by Gasteiger charge is 2.48. The second-order valence-corrected chi connectivity index (χ2v) is 8.59. The first-order valence-corrected chi connectivity index (χ1v) is 11.2. The maximum Gasteiger partial charge on any atom is 0.417 e. The van der Waals surface area contributed by atoms with Gasteiger partial charge in [0.15, 0.2) is 17.0 Å². The minimum Gasteiger partial charge on any atom is -0.504 e. The molecule has 0 saturated carbocycles. The van der Waals surface area contributed by atoms with Crippen molar-refractivity contribution in [1.29, 1.82) is 0 Å². The second-order valence-electron chi connectivity index (χ2n) is 8.59. The number of hydrogen-bond acceptors (Lipinski definition) is 7. The summed E-state index contributed by atoms with van der Waals surface area (Å²) in [5.74, 6) is -3.27. The van der Waals surface area contributed by atoms with Gasteiger partial charge in [-0.2, -0.15) is 0 Å². The summed E-state index contributed by atoms with van der Waals surface area (Å²) in [6.45, 7) is 1.02. The topological polar surface area (TPSA) is 150 Å². The van der Waals surface area contributed by atoms with Gasteiger partial charge in [-0.15, -0.1) is 0 Å². The quantitative estimate of drug-likeness (QED) is 0.333. The van der Waals surface area contributed by atoms with Crippen LogP contribution in [0.25, 0.3) is 0 Å². The van der Waals surface area contributed by atoms with Crippen molar-refractivity contribution in [3.63, 3.8) is 0 Å². The molecule has 0 bridgehead atoms. The molecule has 0 aromatic heterocycles. The Balaban J connectivity index is 1.95. The van der Waals surface area contributed by atoms with Gasteiger partial charge in [-0.3, -0.25) is 4.79 Å². The van der Waals surface area contributed by atoms with Crippen molar-refractivity contribution in [2.45, 2.75) is 38.0 Å². The molecular formula is C27H28N2O7. The van der Waals surface area contributed by atoms with Crippen molar-refractivity contribution < 1.29 is 34.4 Å². The molecule has 9 nitrogen and oxygen atoms in total. The zero-order chi connectivity index (χ0) is 26.3. The van der Waals surface area contributed by atoms with Gasteiger partial charge < -0.3 is 25.8 Å². The fraction of sp³-hybridized carbons (Fsp3) is 0.222. The Bertz CT molecular complexity index is 1220. The number of carbonyl (C=O) groups excluding carboxylic acids is 2. The number of imide groups is 1. The van der Waals surface area contributed by atoms with Crippen LogP contribution in [-0.4, -0.2) is 49.8 Å². The lowest BCUT2D eigenvalue weighted by Gasteiger charge is -2.37. The highest BCUT2D eigenvalue weighted by atomic mass is 16.6. The number of aliphatic carboxylic acids is 1. The van der Waals surface area contributed by atoms with Gasteiger partial charge in [-0.05, 0) is 42.2 Å². The van der Waals surface area contributed by atoms with Crippen LogP contribution in [-0.2, 0) is 33.8 Å². The fourth-order valence-corrected chi connectivity index (χ4v) is 3.77. The smallest absolute Gasteiger partial charge is 0.417 e. The third kappa shape index (κ3) is 6.19. The standard InChI is InChI=1S/C27H28N2O7/c1-27(25(33)34,16-20-12-13-22(30)23(31)15-20)29(26(35)36-17-19-10-6-3-7-11-19)24(32)21(28)14-18-8-4-2-5-9-18/h2-13,15,21,30-31H,14,16-17,28H2,1H3,(H,33,34)/t21-,27-/m0/s1. The first kappa shape index (κ1) is 26.2. The van der Waals surface area contributed by atoms with Crippen LogP contribution in [0, 0.1) is 0 Å². The number of carboxylic acids is 1. The molecule has 5 N–H and O–H groups in total. The van der Waals surface area contributed by atoms with Gasteiger partial charge in [0, 0.05) is 6.42 Å². The van der Waals surface area contributed by atoms with Crippen molar-refractivity contribution in [2.24, 2.45) is 5.73 Å². The number of benzene rings is 3. The summed E-state index contributed by atoms with van der Waals surface area (Å²) in [5, 5.41) is 29.7. The van der Waals surface area contributed by atoms with Gasteiger partial charge in [0.25, 0.3) is 0 Å². The number of hydrogen-bond donors (Lipinski definition) is 4. The third-order valence-corrected chi connectivity index (χ3v) is 5.77. The number of phenolic OH excluding ortho intramolecular Hbond substituents is 2. The number of ether oxygens (including phenoxy) is 1. The Kier molecular flexibility index (Phi) is 8.29. The van der Waals surface area contributed by atoms with Crippen LogP contribution in [0.4, 0.5) is 4.79 Å². The molecule has 0 aliphatic heterocycles. The molecule has 9 heteroatoms. The highest BCUT2D eigenvalue weighted by Crippen LogP contribution is 2.30. The van der Waals surface area contributed by atoms with E-state index in [4.69, 9.17) is 10.5 Å². The minimum atomic E-state index is -2.12. The molecule has 0 heterocycles. The molecular weight excluding hydrogens is 464 g/mol. The van der Waals surface area contributed by atoms with Crippen molar-refractivity contribution in [3.05, 3.63) is 95.6 Å². The third-order valence-electron chi connectivity index (χ3n) is 5.77. The molecule has 0 spiro atoms. The monoisotopic (exact) mass is 492 g/mol. The summed E-state index contributed by atoms with van der Waals surface area (Å²) < 4.78 is 5.35. The van der Waals surface area contributed by atoms with E-state index < -0.39 is 41.0 Å². The number of carbonyl (C=O) groups is 3. The zero-order valence-corrected chi connectivity index (χ0v) is 19.7. The average molecular weight is 493 g/mol. The molecule has 0 radical (unpaired) electrons. The maximum absolute atomic E-state index is 13.5. The zero-order valence-electron chi connectivity index (χ0n) is 19.7. The van der Waals surface area contributed by atoms with E-state index in [-0.39, 0.29) is 25.0 Å². The first-order chi connectivity index (χ1) is 17.1. The molecule has 0 aliphatic rings. The van der Waals surface area contributed by atoms with E-state index in [1.54, 1.807) is 60.7 Å². The van der Waals surface area contributed by atoms with Crippen LogP contribution < -0.4 is 5.73 Å². The van der Waals surface area contributed by atoms with Crippen molar-refractivity contribution in [1.82, 2.24) is 4.90 Å². The minimum absolute atomic E-state index is 0.0673. The Morgan fingerprint density at radius 2 is 1.47 bits per heavy atom. The molecule has 36 heavy (non-hydrogen) atoms. The summed E-state index contributed by atoms with van der Waals surface area (Å²) in [6.07, 6.45) is -1.47. The molecule has 3 aromatic carbocycles. The summed E-state index contributed by atoms with van der Waals surface area (Å²) in [6, 6.07) is 20.1. The summed E-state index contributed by atoms with van der Waals surface area (Å²) in [7, 11) is 0. The lowest BCUT2D eigenvalue weighted by Crippen LogP contribution is -2.62. The van der Waals surface area contributed by atoms with E-state index in [1.807, 2.05) is 0 Å². The van der Waals surface area contributed by atoms with Crippen LogP contribution >= 0.6 is 0 Å². The molecule has 0 saturated heterocycles. The lowest BCUT2D eigenvalue weighted by atomic mass is 9.89. The molecule has 0 fully saturated rings. The lowest BCUT2D eigenvalue weighted by molar-refractivity contribution is -0.156. The predicted molar refractivity (Wildman–Crippen MR) is 131 cm³/mol. The predicted octanol–water partition coefficient (Wildman–Crippen LogP) is 3.22. The summed E-state index contributed by atoms with van der Waals surface area (Å²) >= 11 is 0. The normalized spacial score (nSPS) is 13.3. The molecule has 2 amide bonds. The van der Waals surface area contributed by atoms with Gasteiger partial charge in [-0.25, -0.2) is 14.5 Å². The van der Waals surface area contributed by atoms with Crippen molar-refractivity contribution in [2.75, 3.05) is 0 Å². The second kappa shape index (κ2) is 11.4. The number of amides is 2.